The number of carbonyl (C=O) groups is 1. The summed E-state index contributed by atoms with van der Waals surface area (Å²) < 4.78 is 0. The quantitative estimate of drug-likeness (QED) is 0.483. The molecule has 1 aliphatic heterocycles. The Morgan fingerprint density at radius 3 is 2.68 bits per heavy atom. The number of hydrogen-bond donors (Lipinski definition) is 2. The Kier molecular flexibility index (Phi) is 3.91. The SMILES string of the molecule is CC(C(=O)NCc1ccccc1[N+](=O)[O-])=C1CNC1. The first-order chi connectivity index (χ1) is 9.09. The Morgan fingerprint density at radius 1 is 1.42 bits per heavy atom. The van der Waals surface area contributed by atoms with E-state index in [1.807, 2.05) is 0 Å². The number of nitro benzene ring substituents is 1. The fourth-order valence-electron chi connectivity index (χ4n) is 1.82. The van der Waals surface area contributed by atoms with Crippen molar-refractivity contribution in [3.8, 4) is 0 Å². The van der Waals surface area contributed by atoms with Crippen molar-refractivity contribution in [2.24, 2.45) is 0 Å². The molecule has 1 saturated heterocycles. The zero-order chi connectivity index (χ0) is 13.8. The molecule has 1 aliphatic rings. The van der Waals surface area contributed by atoms with Crippen LogP contribution in [0.2, 0.25) is 0 Å². The van der Waals surface area contributed by atoms with Gasteiger partial charge >= 0.3 is 0 Å². The van der Waals surface area contributed by atoms with Crippen molar-refractivity contribution in [1.29, 1.82) is 0 Å². The molecular weight excluding hydrogens is 246 g/mol. The summed E-state index contributed by atoms with van der Waals surface area (Å²) in [6, 6.07) is 6.40. The highest BCUT2D eigenvalue weighted by atomic mass is 16.6. The van der Waals surface area contributed by atoms with Gasteiger partial charge < -0.3 is 10.6 Å². The molecule has 0 unspecified atom stereocenters. The highest BCUT2D eigenvalue weighted by Crippen LogP contribution is 2.17. The van der Waals surface area contributed by atoms with Gasteiger partial charge in [0.05, 0.1) is 4.92 Å². The Hall–Kier alpha value is -2.21. The summed E-state index contributed by atoms with van der Waals surface area (Å²) in [4.78, 5) is 22.3. The maximum Gasteiger partial charge on any atom is 0.274 e. The van der Waals surface area contributed by atoms with Gasteiger partial charge in [-0.05, 0) is 12.5 Å². The van der Waals surface area contributed by atoms with Crippen LogP contribution >= 0.6 is 0 Å². The van der Waals surface area contributed by atoms with Crippen LogP contribution in [0.15, 0.2) is 35.4 Å². The van der Waals surface area contributed by atoms with E-state index in [0.29, 0.717) is 11.1 Å². The molecule has 6 nitrogen and oxygen atoms in total. The van der Waals surface area contributed by atoms with Crippen molar-refractivity contribution in [3.63, 3.8) is 0 Å². The van der Waals surface area contributed by atoms with Crippen molar-refractivity contribution in [3.05, 3.63) is 51.1 Å². The Morgan fingerprint density at radius 2 is 2.11 bits per heavy atom. The number of amides is 1. The number of nitrogens with one attached hydrogen (secondary N) is 2. The molecule has 1 fully saturated rings. The molecule has 2 rings (SSSR count). The molecule has 0 aliphatic carbocycles. The van der Waals surface area contributed by atoms with E-state index in [-0.39, 0.29) is 18.1 Å². The molecule has 0 radical (unpaired) electrons. The molecule has 1 heterocycles. The largest absolute Gasteiger partial charge is 0.348 e. The third-order valence-electron chi connectivity index (χ3n) is 3.18. The Balaban J connectivity index is 2.03. The predicted molar refractivity (Wildman–Crippen MR) is 70.5 cm³/mol. The molecule has 1 aromatic carbocycles. The third kappa shape index (κ3) is 2.97. The lowest BCUT2D eigenvalue weighted by atomic mass is 10.0. The first-order valence-electron chi connectivity index (χ1n) is 5.99. The summed E-state index contributed by atoms with van der Waals surface area (Å²) in [6.45, 7) is 3.41. The van der Waals surface area contributed by atoms with Gasteiger partial charge in [0.2, 0.25) is 5.91 Å². The van der Waals surface area contributed by atoms with Gasteiger partial charge in [0.15, 0.2) is 0 Å². The predicted octanol–water partition coefficient (Wildman–Crippen LogP) is 1.13. The van der Waals surface area contributed by atoms with Crippen LogP contribution in [0.25, 0.3) is 0 Å². The second kappa shape index (κ2) is 5.62. The summed E-state index contributed by atoms with van der Waals surface area (Å²) in [7, 11) is 0. The van der Waals surface area contributed by atoms with Crippen LogP contribution in [0.4, 0.5) is 5.69 Å². The maximum absolute atomic E-state index is 11.9. The smallest absolute Gasteiger partial charge is 0.274 e. The van der Waals surface area contributed by atoms with Gasteiger partial charge in [-0.3, -0.25) is 14.9 Å². The Labute approximate surface area is 110 Å². The lowest BCUT2D eigenvalue weighted by Gasteiger charge is -2.21. The van der Waals surface area contributed by atoms with Crippen LogP contribution in [-0.2, 0) is 11.3 Å². The number of nitro groups is 1. The van der Waals surface area contributed by atoms with Gasteiger partial charge in [0.25, 0.3) is 5.69 Å². The molecule has 1 aromatic rings. The highest BCUT2D eigenvalue weighted by molar-refractivity contribution is 5.93. The second-order valence-electron chi connectivity index (χ2n) is 4.40. The van der Waals surface area contributed by atoms with Crippen LogP contribution in [0.5, 0.6) is 0 Å². The van der Waals surface area contributed by atoms with E-state index in [1.54, 1.807) is 25.1 Å². The summed E-state index contributed by atoms with van der Waals surface area (Å²) in [5, 5.41) is 16.6. The zero-order valence-corrected chi connectivity index (χ0v) is 10.6. The summed E-state index contributed by atoms with van der Waals surface area (Å²) in [5.74, 6) is -0.172. The molecule has 2 N–H and O–H groups in total. The normalized spacial score (nSPS) is 13.6. The number of nitrogens with zero attached hydrogens (tertiary/aromatic N) is 1. The average molecular weight is 261 g/mol. The Bertz CT molecular complexity index is 546. The average Bonchev–Trinajstić information content (AvgIpc) is 2.34. The molecule has 0 saturated carbocycles. The lowest BCUT2D eigenvalue weighted by molar-refractivity contribution is -0.385. The summed E-state index contributed by atoms with van der Waals surface area (Å²) >= 11 is 0. The van der Waals surface area contributed by atoms with Crippen molar-refractivity contribution in [2.45, 2.75) is 13.5 Å². The van der Waals surface area contributed by atoms with Crippen molar-refractivity contribution in [1.82, 2.24) is 10.6 Å². The number of hydrogen-bond acceptors (Lipinski definition) is 4. The molecule has 19 heavy (non-hydrogen) atoms. The van der Waals surface area contributed by atoms with E-state index in [0.717, 1.165) is 18.7 Å². The zero-order valence-electron chi connectivity index (χ0n) is 10.6. The van der Waals surface area contributed by atoms with Crippen molar-refractivity contribution in [2.75, 3.05) is 13.1 Å². The molecule has 0 bridgehead atoms. The van der Waals surface area contributed by atoms with Crippen LogP contribution in [0, 0.1) is 10.1 Å². The monoisotopic (exact) mass is 261 g/mol. The molecule has 0 atom stereocenters. The van der Waals surface area contributed by atoms with Crippen LogP contribution in [0.1, 0.15) is 12.5 Å². The minimum Gasteiger partial charge on any atom is -0.348 e. The second-order valence-corrected chi connectivity index (χ2v) is 4.40. The maximum atomic E-state index is 11.9. The van der Waals surface area contributed by atoms with E-state index >= 15 is 0 Å². The van der Waals surface area contributed by atoms with E-state index in [4.69, 9.17) is 0 Å². The topological polar surface area (TPSA) is 84.3 Å². The number of para-hydroxylation sites is 1. The van der Waals surface area contributed by atoms with Gasteiger partial charge in [-0.1, -0.05) is 18.2 Å². The summed E-state index contributed by atoms with van der Waals surface area (Å²) in [6.07, 6.45) is 0. The first-order valence-corrected chi connectivity index (χ1v) is 5.99. The van der Waals surface area contributed by atoms with E-state index in [2.05, 4.69) is 10.6 Å². The van der Waals surface area contributed by atoms with E-state index in [1.165, 1.54) is 6.07 Å². The number of carbonyl (C=O) groups excluding carboxylic acids is 1. The van der Waals surface area contributed by atoms with Crippen LogP contribution in [-0.4, -0.2) is 23.9 Å². The van der Waals surface area contributed by atoms with E-state index in [9.17, 15) is 14.9 Å². The standard InChI is InChI=1S/C13H15N3O3/c1-9(11-6-14-7-11)13(17)15-8-10-4-2-3-5-12(10)16(18)19/h2-5,14H,6-8H2,1H3,(H,15,17). The molecule has 100 valence electrons. The molecule has 6 heteroatoms. The van der Waals surface area contributed by atoms with Crippen molar-refractivity contribution >= 4 is 11.6 Å². The molecule has 1 amide bonds. The van der Waals surface area contributed by atoms with Gasteiger partial charge in [-0.2, -0.15) is 0 Å². The molecule has 0 aromatic heterocycles. The van der Waals surface area contributed by atoms with Crippen molar-refractivity contribution < 1.29 is 9.72 Å². The van der Waals surface area contributed by atoms with E-state index < -0.39 is 4.92 Å². The van der Waals surface area contributed by atoms with Gasteiger partial charge in [0, 0.05) is 36.8 Å². The summed E-state index contributed by atoms with van der Waals surface area (Å²) in [5.41, 5.74) is 2.31. The van der Waals surface area contributed by atoms with Crippen LogP contribution < -0.4 is 10.6 Å². The fourth-order valence-corrected chi connectivity index (χ4v) is 1.82. The highest BCUT2D eigenvalue weighted by Gasteiger charge is 2.17. The molecular formula is C13H15N3O3. The lowest BCUT2D eigenvalue weighted by Crippen LogP contribution is -2.37. The van der Waals surface area contributed by atoms with Gasteiger partial charge in [-0.25, -0.2) is 0 Å². The van der Waals surface area contributed by atoms with Gasteiger partial charge in [-0.15, -0.1) is 0 Å². The van der Waals surface area contributed by atoms with Crippen LogP contribution in [0.3, 0.4) is 0 Å². The number of benzene rings is 1. The minimum atomic E-state index is -0.442. The third-order valence-corrected chi connectivity index (χ3v) is 3.18. The molecule has 0 spiro atoms. The fraction of sp³-hybridized carbons (Fsp3) is 0.308. The van der Waals surface area contributed by atoms with Gasteiger partial charge in [0.1, 0.15) is 0 Å². The number of rotatable bonds is 4. The first kappa shape index (κ1) is 13.2. The minimum absolute atomic E-state index is 0.0263.